The van der Waals surface area contributed by atoms with Gasteiger partial charge in [0.05, 0.1) is 5.41 Å². The van der Waals surface area contributed by atoms with Gasteiger partial charge in [-0.3, -0.25) is 0 Å². The zero-order valence-corrected chi connectivity index (χ0v) is 6.73. The van der Waals surface area contributed by atoms with E-state index in [4.69, 9.17) is 10.1 Å². The van der Waals surface area contributed by atoms with E-state index in [0.29, 0.717) is 6.61 Å². The Morgan fingerprint density at radius 2 is 2.50 bits per heavy atom. The molecule has 0 radical (unpaired) electrons. The van der Waals surface area contributed by atoms with Crippen molar-refractivity contribution in [2.45, 2.75) is 13.8 Å². The highest BCUT2D eigenvalue weighted by Crippen LogP contribution is 2.29. The third-order valence-electron chi connectivity index (χ3n) is 1.29. The minimum absolute atomic E-state index is 0.0691. The number of rotatable bonds is 0. The van der Waals surface area contributed by atoms with Crippen LogP contribution in [0, 0.1) is 16.1 Å². The fourth-order valence-electron chi connectivity index (χ4n) is 0.638. The molecule has 3 nitrogen and oxygen atoms in total. The van der Waals surface area contributed by atoms with Gasteiger partial charge in [-0.15, -0.1) is 0 Å². The Morgan fingerprint density at radius 1 is 1.80 bits per heavy atom. The molecule has 4 heteroatoms. The van der Waals surface area contributed by atoms with Crippen LogP contribution in [0.5, 0.6) is 0 Å². The summed E-state index contributed by atoms with van der Waals surface area (Å²) >= 11 is 1.08. The molecule has 0 aromatic heterocycles. The van der Waals surface area contributed by atoms with Crippen LogP contribution in [0.4, 0.5) is 0 Å². The van der Waals surface area contributed by atoms with Crippen LogP contribution in [0.1, 0.15) is 13.8 Å². The maximum Gasteiger partial charge on any atom is 0.139 e. The largest absolute Gasteiger partial charge is 0.394 e. The van der Waals surface area contributed by atoms with Gasteiger partial charge in [0.15, 0.2) is 0 Å². The predicted octanol–water partition coefficient (Wildman–Crippen LogP) is 1.57. The molecule has 0 bridgehead atoms. The molecule has 10 heavy (non-hydrogen) atoms. The first-order valence-electron chi connectivity index (χ1n) is 2.93. The molecule has 1 aliphatic rings. The average Bonchev–Trinajstić information content (AvgIpc) is 2.13. The third-order valence-corrected chi connectivity index (χ3v) is 2.21. The van der Waals surface area contributed by atoms with E-state index in [2.05, 4.69) is 5.16 Å². The minimum Gasteiger partial charge on any atom is -0.394 e. The summed E-state index contributed by atoms with van der Waals surface area (Å²) in [4.78, 5) is 4.84. The second-order valence-electron chi connectivity index (χ2n) is 2.75. The van der Waals surface area contributed by atoms with E-state index in [1.54, 1.807) is 0 Å². The van der Waals surface area contributed by atoms with Crippen molar-refractivity contribution in [2.24, 2.45) is 10.6 Å². The van der Waals surface area contributed by atoms with Gasteiger partial charge < -0.3 is 4.84 Å². The summed E-state index contributed by atoms with van der Waals surface area (Å²) in [5.41, 5.74) is -0.0691. The highest BCUT2D eigenvalue weighted by Gasteiger charge is 2.32. The molecule has 0 unspecified atom stereocenters. The minimum atomic E-state index is -0.0691. The van der Waals surface area contributed by atoms with Gasteiger partial charge in [0.2, 0.25) is 0 Å². The summed E-state index contributed by atoms with van der Waals surface area (Å²) < 4.78 is 0. The van der Waals surface area contributed by atoms with Crippen LogP contribution >= 0.6 is 11.8 Å². The quantitative estimate of drug-likeness (QED) is 0.500. The molecule has 1 aliphatic heterocycles. The van der Waals surface area contributed by atoms with E-state index < -0.39 is 0 Å². The van der Waals surface area contributed by atoms with Crippen LogP contribution in [0.2, 0.25) is 0 Å². The van der Waals surface area contributed by atoms with Gasteiger partial charge >= 0.3 is 0 Å². The van der Waals surface area contributed by atoms with E-state index in [9.17, 15) is 0 Å². The normalized spacial score (nSPS) is 21.1. The number of nitriles is 1. The molecule has 0 aromatic carbocycles. The standard InChI is InChI=1S/C6H8N2OS/c1-6(2)3-9-8-5(6)10-4-7/h3H2,1-2H3. The smallest absolute Gasteiger partial charge is 0.139 e. The summed E-state index contributed by atoms with van der Waals surface area (Å²) in [7, 11) is 0. The first-order valence-corrected chi connectivity index (χ1v) is 3.75. The molecule has 0 N–H and O–H groups in total. The molecule has 1 heterocycles. The van der Waals surface area contributed by atoms with E-state index in [1.165, 1.54) is 0 Å². The molecule has 0 aliphatic carbocycles. The number of nitrogens with zero attached hydrogens (tertiary/aromatic N) is 2. The Labute approximate surface area is 64.0 Å². The lowest BCUT2D eigenvalue weighted by atomic mass is 9.97. The van der Waals surface area contributed by atoms with Crippen molar-refractivity contribution in [2.75, 3.05) is 6.61 Å². The van der Waals surface area contributed by atoms with Gasteiger partial charge in [0.1, 0.15) is 17.1 Å². The van der Waals surface area contributed by atoms with E-state index in [0.717, 1.165) is 16.8 Å². The lowest BCUT2D eigenvalue weighted by Gasteiger charge is -2.12. The maximum atomic E-state index is 8.34. The van der Waals surface area contributed by atoms with Crippen LogP contribution in [-0.2, 0) is 4.84 Å². The van der Waals surface area contributed by atoms with E-state index >= 15 is 0 Å². The highest BCUT2D eigenvalue weighted by atomic mass is 32.2. The number of thioether (sulfide) groups is 1. The topological polar surface area (TPSA) is 45.4 Å². The highest BCUT2D eigenvalue weighted by molar-refractivity contribution is 8.17. The Balaban J connectivity index is 2.68. The third kappa shape index (κ3) is 1.24. The van der Waals surface area contributed by atoms with E-state index in [1.807, 2.05) is 19.2 Å². The van der Waals surface area contributed by atoms with Crippen molar-refractivity contribution >= 4 is 16.8 Å². The Bertz CT molecular complexity index is 204. The van der Waals surface area contributed by atoms with Gasteiger partial charge in [0, 0.05) is 11.8 Å². The molecule has 0 atom stereocenters. The van der Waals surface area contributed by atoms with Gasteiger partial charge in [-0.05, 0) is 0 Å². The molecular formula is C6H8N2OS. The lowest BCUT2D eigenvalue weighted by Crippen LogP contribution is -2.20. The van der Waals surface area contributed by atoms with Crippen molar-refractivity contribution < 1.29 is 4.84 Å². The number of hydrogen-bond acceptors (Lipinski definition) is 4. The Morgan fingerprint density at radius 3 is 2.90 bits per heavy atom. The molecule has 0 saturated carbocycles. The summed E-state index contributed by atoms with van der Waals surface area (Å²) in [5.74, 6) is 0. The van der Waals surface area contributed by atoms with Crippen LogP contribution in [0.15, 0.2) is 5.16 Å². The van der Waals surface area contributed by atoms with Crippen molar-refractivity contribution in [1.82, 2.24) is 0 Å². The number of hydrogen-bond donors (Lipinski definition) is 0. The van der Waals surface area contributed by atoms with Gasteiger partial charge in [-0.1, -0.05) is 19.0 Å². The summed E-state index contributed by atoms with van der Waals surface area (Å²) in [6, 6.07) is 0. The zero-order chi connectivity index (χ0) is 7.61. The fraction of sp³-hybridized carbons (Fsp3) is 0.667. The Hall–Kier alpha value is -0.690. The van der Waals surface area contributed by atoms with Crippen LogP contribution < -0.4 is 0 Å². The molecular weight excluding hydrogens is 148 g/mol. The van der Waals surface area contributed by atoms with Crippen molar-refractivity contribution in [3.63, 3.8) is 0 Å². The van der Waals surface area contributed by atoms with Crippen LogP contribution in [-0.4, -0.2) is 11.7 Å². The van der Waals surface area contributed by atoms with Crippen LogP contribution in [0.25, 0.3) is 0 Å². The van der Waals surface area contributed by atoms with Gasteiger partial charge in [-0.2, -0.15) is 5.26 Å². The molecule has 0 fully saturated rings. The van der Waals surface area contributed by atoms with Crippen molar-refractivity contribution in [3.05, 3.63) is 0 Å². The first kappa shape index (κ1) is 7.42. The number of thiocyanates is 1. The fourth-order valence-corrected chi connectivity index (χ4v) is 1.15. The summed E-state index contributed by atoms with van der Waals surface area (Å²) in [6.07, 6.45) is 0. The second-order valence-corrected chi connectivity index (χ2v) is 3.52. The van der Waals surface area contributed by atoms with Crippen LogP contribution in [0.3, 0.4) is 0 Å². The SMILES string of the molecule is CC1(C)CON=C1SC#N. The first-order chi connectivity index (χ1) is 4.67. The van der Waals surface area contributed by atoms with E-state index in [-0.39, 0.29) is 5.41 Å². The molecule has 54 valence electrons. The molecule has 1 rings (SSSR count). The monoisotopic (exact) mass is 156 g/mol. The maximum absolute atomic E-state index is 8.34. The molecule has 0 amide bonds. The lowest BCUT2D eigenvalue weighted by molar-refractivity contribution is 0.133. The van der Waals surface area contributed by atoms with Crippen molar-refractivity contribution in [1.29, 1.82) is 5.26 Å². The molecule has 0 aromatic rings. The summed E-state index contributed by atoms with van der Waals surface area (Å²) in [5, 5.41) is 14.8. The zero-order valence-electron chi connectivity index (χ0n) is 5.92. The van der Waals surface area contributed by atoms with Crippen molar-refractivity contribution in [3.8, 4) is 5.40 Å². The Kier molecular flexibility index (Phi) is 1.86. The molecule has 0 saturated heterocycles. The second kappa shape index (κ2) is 2.51. The number of oxime groups is 1. The molecule has 0 spiro atoms. The van der Waals surface area contributed by atoms with Gasteiger partial charge in [0.25, 0.3) is 0 Å². The average molecular weight is 156 g/mol. The predicted molar refractivity (Wildman–Crippen MR) is 40.4 cm³/mol. The summed E-state index contributed by atoms with van der Waals surface area (Å²) in [6.45, 7) is 4.59. The van der Waals surface area contributed by atoms with Gasteiger partial charge in [-0.25, -0.2) is 0 Å².